The number of carboxylic acids is 1. The van der Waals surface area contributed by atoms with Crippen LogP contribution >= 0.6 is 0 Å². The lowest BCUT2D eigenvalue weighted by Gasteiger charge is -2.29. The van der Waals surface area contributed by atoms with Crippen molar-refractivity contribution >= 4 is 5.97 Å². The van der Waals surface area contributed by atoms with Gasteiger partial charge in [0.2, 0.25) is 0 Å². The van der Waals surface area contributed by atoms with E-state index >= 15 is 0 Å². The van der Waals surface area contributed by atoms with E-state index in [1.165, 1.54) is 0 Å². The van der Waals surface area contributed by atoms with Crippen LogP contribution in [0.3, 0.4) is 0 Å². The second kappa shape index (κ2) is 6.79. The topological polar surface area (TPSA) is 60.0 Å². The van der Waals surface area contributed by atoms with Gasteiger partial charge in [-0.15, -0.1) is 0 Å². The van der Waals surface area contributed by atoms with Crippen LogP contribution in [0.2, 0.25) is 0 Å². The Kier molecular flexibility index (Phi) is 6.49. The van der Waals surface area contributed by atoms with E-state index in [-0.39, 0.29) is 6.54 Å². The zero-order chi connectivity index (χ0) is 11.1. The van der Waals surface area contributed by atoms with Gasteiger partial charge in [0.05, 0.1) is 12.5 Å². The summed E-state index contributed by atoms with van der Waals surface area (Å²) in [4.78, 5) is 12.5. The van der Waals surface area contributed by atoms with E-state index in [1.807, 2.05) is 0 Å². The Balaban J connectivity index is 3.67. The molecular formula is C10H22N2O2. The number of hydrogen-bond donors (Lipinski definition) is 1. The van der Waals surface area contributed by atoms with Crippen molar-refractivity contribution in [1.82, 2.24) is 4.90 Å². The summed E-state index contributed by atoms with van der Waals surface area (Å²) in [5, 5.41) is 11.9. The zero-order valence-electron chi connectivity index (χ0n) is 9.62. The van der Waals surface area contributed by atoms with Gasteiger partial charge in [-0.25, -0.2) is 0 Å². The molecule has 0 saturated carbocycles. The molecule has 0 aliphatic rings. The van der Waals surface area contributed by atoms with Gasteiger partial charge in [-0.3, -0.25) is 4.90 Å². The zero-order valence-corrected chi connectivity index (χ0v) is 9.62. The van der Waals surface area contributed by atoms with Crippen molar-refractivity contribution in [2.75, 3.05) is 19.6 Å². The SMILES string of the molecule is CC(C)N(CC[NH2+]CC(=O)[O-])C(C)C. The number of hydrogen-bond acceptors (Lipinski definition) is 3. The fourth-order valence-electron chi connectivity index (χ4n) is 1.57. The third kappa shape index (κ3) is 5.94. The fourth-order valence-corrected chi connectivity index (χ4v) is 1.57. The van der Waals surface area contributed by atoms with Crippen LogP contribution in [0.25, 0.3) is 0 Å². The number of nitrogens with zero attached hydrogens (tertiary/aromatic N) is 1. The lowest BCUT2D eigenvalue weighted by molar-refractivity contribution is -0.650. The first-order valence-electron chi connectivity index (χ1n) is 5.22. The van der Waals surface area contributed by atoms with Crippen LogP contribution in [0.15, 0.2) is 0 Å². The molecule has 0 aromatic rings. The van der Waals surface area contributed by atoms with E-state index in [4.69, 9.17) is 0 Å². The summed E-state index contributed by atoms with van der Waals surface area (Å²) in [5.41, 5.74) is 0. The number of rotatable bonds is 7. The van der Waals surface area contributed by atoms with Gasteiger partial charge in [-0.2, -0.15) is 0 Å². The fraction of sp³-hybridized carbons (Fsp3) is 0.900. The monoisotopic (exact) mass is 202 g/mol. The molecule has 0 radical (unpaired) electrons. The second-order valence-corrected chi connectivity index (χ2v) is 4.08. The first-order valence-corrected chi connectivity index (χ1v) is 5.22. The summed E-state index contributed by atoms with van der Waals surface area (Å²) < 4.78 is 0. The summed E-state index contributed by atoms with van der Waals surface area (Å²) in [6.45, 7) is 10.4. The Morgan fingerprint density at radius 1 is 1.29 bits per heavy atom. The molecule has 0 rings (SSSR count). The first kappa shape index (κ1) is 13.4. The summed E-state index contributed by atoms with van der Waals surface area (Å²) in [6, 6.07) is 1.01. The molecule has 0 bridgehead atoms. The third-order valence-electron chi connectivity index (χ3n) is 2.23. The Bertz CT molecular complexity index is 162. The van der Waals surface area contributed by atoms with Gasteiger partial charge in [-0.05, 0) is 27.7 Å². The minimum Gasteiger partial charge on any atom is -0.544 e. The number of carboxylic acid groups (broad SMARTS) is 1. The van der Waals surface area contributed by atoms with Gasteiger partial charge < -0.3 is 15.2 Å². The molecule has 0 spiro atoms. The largest absolute Gasteiger partial charge is 0.544 e. The summed E-state index contributed by atoms with van der Waals surface area (Å²) >= 11 is 0. The molecule has 0 aromatic carbocycles. The van der Waals surface area contributed by atoms with Gasteiger partial charge in [0.25, 0.3) is 0 Å². The Morgan fingerprint density at radius 3 is 2.14 bits per heavy atom. The molecular weight excluding hydrogens is 180 g/mol. The van der Waals surface area contributed by atoms with Crippen LogP contribution in [0.1, 0.15) is 27.7 Å². The Hall–Kier alpha value is -0.610. The minimum absolute atomic E-state index is 0.0596. The molecule has 4 nitrogen and oxygen atoms in total. The summed E-state index contributed by atoms with van der Waals surface area (Å²) in [5.74, 6) is -0.995. The lowest BCUT2D eigenvalue weighted by atomic mass is 10.2. The van der Waals surface area contributed by atoms with Crippen LogP contribution in [0.5, 0.6) is 0 Å². The number of nitrogens with two attached hydrogens (primary N) is 1. The average Bonchev–Trinajstić information content (AvgIpc) is 2.01. The highest BCUT2D eigenvalue weighted by Crippen LogP contribution is 2.02. The second-order valence-electron chi connectivity index (χ2n) is 4.08. The smallest absolute Gasteiger partial charge is 0.116 e. The Morgan fingerprint density at radius 2 is 1.79 bits per heavy atom. The van der Waals surface area contributed by atoms with E-state index in [0.717, 1.165) is 13.1 Å². The van der Waals surface area contributed by atoms with Crippen LogP contribution < -0.4 is 10.4 Å². The molecule has 0 atom stereocenters. The van der Waals surface area contributed by atoms with Crippen molar-refractivity contribution in [1.29, 1.82) is 0 Å². The van der Waals surface area contributed by atoms with E-state index in [9.17, 15) is 9.90 Å². The van der Waals surface area contributed by atoms with Crippen molar-refractivity contribution in [3.63, 3.8) is 0 Å². The molecule has 0 aliphatic heterocycles. The molecule has 2 N–H and O–H groups in total. The maximum atomic E-state index is 10.2. The first-order chi connectivity index (χ1) is 6.45. The molecule has 0 heterocycles. The van der Waals surface area contributed by atoms with Gasteiger partial charge in [-0.1, -0.05) is 0 Å². The summed E-state index contributed by atoms with van der Waals surface area (Å²) in [6.07, 6.45) is 0. The van der Waals surface area contributed by atoms with Gasteiger partial charge >= 0.3 is 0 Å². The van der Waals surface area contributed by atoms with Crippen LogP contribution in [-0.2, 0) is 4.79 Å². The van der Waals surface area contributed by atoms with Crippen molar-refractivity contribution in [3.8, 4) is 0 Å². The lowest BCUT2D eigenvalue weighted by Crippen LogP contribution is -2.88. The highest BCUT2D eigenvalue weighted by Gasteiger charge is 2.12. The molecule has 0 unspecified atom stereocenters. The van der Waals surface area contributed by atoms with Crippen molar-refractivity contribution in [2.24, 2.45) is 0 Å². The molecule has 0 aromatic heterocycles. The highest BCUT2D eigenvalue weighted by atomic mass is 16.4. The van der Waals surface area contributed by atoms with E-state index in [1.54, 1.807) is 5.32 Å². The standard InChI is InChI=1S/C10H22N2O2/c1-8(2)12(9(3)4)6-5-11-7-10(13)14/h8-9,11H,5-7H2,1-4H3,(H,13,14). The Labute approximate surface area is 86.3 Å². The number of carbonyl (C=O) groups is 1. The maximum absolute atomic E-state index is 10.2. The third-order valence-corrected chi connectivity index (χ3v) is 2.23. The number of quaternary nitrogens is 1. The van der Waals surface area contributed by atoms with Gasteiger partial charge in [0.15, 0.2) is 0 Å². The average molecular weight is 202 g/mol. The van der Waals surface area contributed by atoms with Crippen molar-refractivity contribution in [3.05, 3.63) is 0 Å². The van der Waals surface area contributed by atoms with Crippen LogP contribution in [0.4, 0.5) is 0 Å². The maximum Gasteiger partial charge on any atom is 0.116 e. The minimum atomic E-state index is -0.995. The molecule has 4 heteroatoms. The molecule has 0 saturated heterocycles. The van der Waals surface area contributed by atoms with Gasteiger partial charge in [0, 0.05) is 18.6 Å². The normalized spacial score (nSPS) is 11.6. The molecule has 0 fully saturated rings. The van der Waals surface area contributed by atoms with Crippen molar-refractivity contribution in [2.45, 2.75) is 39.8 Å². The number of aliphatic carboxylic acids is 1. The predicted octanol–water partition coefficient (Wildman–Crippen LogP) is -1.58. The van der Waals surface area contributed by atoms with E-state index in [2.05, 4.69) is 32.6 Å². The molecule has 84 valence electrons. The van der Waals surface area contributed by atoms with E-state index in [0.29, 0.717) is 12.1 Å². The molecule has 0 aliphatic carbocycles. The van der Waals surface area contributed by atoms with Crippen LogP contribution in [0, 0.1) is 0 Å². The summed E-state index contributed by atoms with van der Waals surface area (Å²) in [7, 11) is 0. The molecule has 14 heavy (non-hydrogen) atoms. The quantitative estimate of drug-likeness (QED) is 0.507. The van der Waals surface area contributed by atoms with E-state index < -0.39 is 5.97 Å². The van der Waals surface area contributed by atoms with Crippen molar-refractivity contribution < 1.29 is 15.2 Å². The predicted molar refractivity (Wildman–Crippen MR) is 53.6 cm³/mol. The number of carbonyl (C=O) groups excluding carboxylic acids is 1. The highest BCUT2D eigenvalue weighted by molar-refractivity contribution is 5.64. The molecule has 0 amide bonds. The van der Waals surface area contributed by atoms with Crippen LogP contribution in [-0.4, -0.2) is 42.6 Å². The van der Waals surface area contributed by atoms with Gasteiger partial charge in [0.1, 0.15) is 6.54 Å².